The fourth-order valence-electron chi connectivity index (χ4n) is 2.62. The maximum Gasteiger partial charge on any atom is 0.357 e. The van der Waals surface area contributed by atoms with Gasteiger partial charge in [-0.2, -0.15) is 5.26 Å². The van der Waals surface area contributed by atoms with E-state index in [1.54, 1.807) is 0 Å². The van der Waals surface area contributed by atoms with Crippen molar-refractivity contribution >= 4 is 33.3 Å². The summed E-state index contributed by atoms with van der Waals surface area (Å²) in [6.07, 6.45) is 4.11. The summed E-state index contributed by atoms with van der Waals surface area (Å²) in [5.41, 5.74) is 5.35. The van der Waals surface area contributed by atoms with Crippen LogP contribution in [0.4, 0.5) is 11.4 Å². The van der Waals surface area contributed by atoms with Gasteiger partial charge in [-0.15, -0.1) is 0 Å². The van der Waals surface area contributed by atoms with Crippen molar-refractivity contribution in [1.82, 2.24) is 4.57 Å². The predicted molar refractivity (Wildman–Crippen MR) is 106 cm³/mol. The number of hydrogen-bond acceptors (Lipinski definition) is 7. The lowest BCUT2D eigenvalue weighted by Crippen LogP contribution is -2.12. The molecule has 0 bridgehead atoms. The van der Waals surface area contributed by atoms with Gasteiger partial charge in [-0.05, 0) is 22.4 Å². The first kappa shape index (κ1) is 21.2. The predicted octanol–water partition coefficient (Wildman–Crippen LogP) is 3.96. The fraction of sp³-hybridized carbons (Fsp3) is 0.333. The third kappa shape index (κ3) is 4.26. The molecule has 2 rings (SSSR count). The Morgan fingerprint density at radius 2 is 2.14 bits per heavy atom. The van der Waals surface area contributed by atoms with E-state index in [1.165, 1.54) is 22.9 Å². The first-order valence-corrected chi connectivity index (χ1v) is 9.25. The average molecular weight is 451 g/mol. The lowest BCUT2D eigenvalue weighted by Gasteiger charge is -2.13. The molecule has 0 spiro atoms. The summed E-state index contributed by atoms with van der Waals surface area (Å²) in [5, 5.41) is 20.8. The number of nitro benzene ring substituents is 1. The molecule has 0 aliphatic heterocycles. The lowest BCUT2D eigenvalue weighted by molar-refractivity contribution is -0.384. The Morgan fingerprint density at radius 1 is 1.43 bits per heavy atom. The van der Waals surface area contributed by atoms with Gasteiger partial charge < -0.3 is 19.8 Å². The zero-order valence-corrected chi connectivity index (χ0v) is 17.0. The monoisotopic (exact) mass is 450 g/mol. The highest BCUT2D eigenvalue weighted by molar-refractivity contribution is 9.10. The van der Waals surface area contributed by atoms with E-state index in [0.29, 0.717) is 16.8 Å². The number of anilines is 1. The topological polar surface area (TPSA) is 133 Å². The van der Waals surface area contributed by atoms with Crippen molar-refractivity contribution in [3.63, 3.8) is 0 Å². The van der Waals surface area contributed by atoms with Crippen LogP contribution in [-0.2, 0) is 4.74 Å². The molecule has 0 fully saturated rings. The number of hydrogen-bond donors (Lipinski definition) is 1. The number of rotatable bonds is 8. The molecule has 1 heterocycles. The number of carbonyl (C=O) groups is 1. The molecule has 1 aromatic heterocycles. The van der Waals surface area contributed by atoms with E-state index < -0.39 is 10.9 Å². The third-order valence-electron chi connectivity index (χ3n) is 4.03. The molecular formula is C18H19BrN4O5. The van der Waals surface area contributed by atoms with Gasteiger partial charge in [0.15, 0.2) is 5.69 Å². The first-order chi connectivity index (χ1) is 13.3. The van der Waals surface area contributed by atoms with Crippen LogP contribution in [-0.4, -0.2) is 29.2 Å². The molecule has 28 heavy (non-hydrogen) atoms. The number of nitrogen functional groups attached to an aromatic ring is 1. The summed E-state index contributed by atoms with van der Waals surface area (Å²) in [7, 11) is 1.16. The molecule has 1 aromatic carbocycles. The Labute approximate surface area is 169 Å². The Bertz CT molecular complexity index is 948. The van der Waals surface area contributed by atoms with Gasteiger partial charge in [-0.25, -0.2) is 4.79 Å². The van der Waals surface area contributed by atoms with Gasteiger partial charge in [0.2, 0.25) is 0 Å². The minimum atomic E-state index is -0.818. The number of ether oxygens (including phenoxy) is 2. The highest BCUT2D eigenvalue weighted by atomic mass is 79.9. The number of nitro groups is 1. The minimum absolute atomic E-state index is 0.00281. The molecular weight excluding hydrogens is 432 g/mol. The zero-order valence-electron chi connectivity index (χ0n) is 15.4. The SMILES string of the molecule is CCCCCOc1cc(-n2cc(C#N)c(N)c2C(=O)OC)c([N+](=O)[O-])cc1Br. The maximum absolute atomic E-state index is 12.2. The van der Waals surface area contributed by atoms with Gasteiger partial charge in [0.05, 0.1) is 34.4 Å². The van der Waals surface area contributed by atoms with Crippen LogP contribution in [0.15, 0.2) is 22.8 Å². The number of methoxy groups -OCH3 is 1. The van der Waals surface area contributed by atoms with Gasteiger partial charge in [-0.1, -0.05) is 19.8 Å². The Balaban J connectivity index is 2.65. The van der Waals surface area contributed by atoms with Crippen LogP contribution in [0.25, 0.3) is 5.69 Å². The van der Waals surface area contributed by atoms with E-state index in [1.807, 2.05) is 6.07 Å². The summed E-state index contributed by atoms with van der Waals surface area (Å²) >= 11 is 3.28. The smallest absolute Gasteiger partial charge is 0.357 e. The van der Waals surface area contributed by atoms with Gasteiger partial charge in [0.1, 0.15) is 17.5 Å². The highest BCUT2D eigenvalue weighted by Gasteiger charge is 2.27. The van der Waals surface area contributed by atoms with Crippen molar-refractivity contribution in [3.8, 4) is 17.5 Å². The van der Waals surface area contributed by atoms with E-state index in [0.717, 1.165) is 26.4 Å². The zero-order chi connectivity index (χ0) is 20.8. The normalized spacial score (nSPS) is 10.4. The molecule has 2 N–H and O–H groups in total. The number of aromatic nitrogens is 1. The van der Waals surface area contributed by atoms with E-state index >= 15 is 0 Å². The van der Waals surface area contributed by atoms with Crippen molar-refractivity contribution in [2.45, 2.75) is 26.2 Å². The average Bonchev–Trinajstić information content (AvgIpc) is 3.01. The van der Waals surface area contributed by atoms with Gasteiger partial charge in [0, 0.05) is 18.3 Å². The molecule has 2 aromatic rings. The van der Waals surface area contributed by atoms with E-state index in [2.05, 4.69) is 22.9 Å². The van der Waals surface area contributed by atoms with Crippen LogP contribution in [0.3, 0.4) is 0 Å². The van der Waals surface area contributed by atoms with Crippen molar-refractivity contribution in [2.24, 2.45) is 0 Å². The number of nitrogens with two attached hydrogens (primary N) is 1. The second-order valence-corrected chi connectivity index (χ2v) is 6.72. The molecule has 148 valence electrons. The molecule has 9 nitrogen and oxygen atoms in total. The maximum atomic E-state index is 12.2. The van der Waals surface area contributed by atoms with Crippen molar-refractivity contribution in [2.75, 3.05) is 19.5 Å². The van der Waals surface area contributed by atoms with E-state index in [9.17, 15) is 20.2 Å². The minimum Gasteiger partial charge on any atom is -0.492 e. The second kappa shape index (κ2) is 9.23. The van der Waals surface area contributed by atoms with Crippen LogP contribution in [0, 0.1) is 21.4 Å². The van der Waals surface area contributed by atoms with Crippen LogP contribution in [0.1, 0.15) is 42.2 Å². The first-order valence-electron chi connectivity index (χ1n) is 8.46. The Hall–Kier alpha value is -3.06. The Kier molecular flexibility index (Phi) is 7.00. The summed E-state index contributed by atoms with van der Waals surface area (Å²) < 4.78 is 12.0. The fourth-order valence-corrected chi connectivity index (χ4v) is 3.07. The largest absolute Gasteiger partial charge is 0.492 e. The number of nitrogens with zero attached hydrogens (tertiary/aromatic N) is 3. The van der Waals surface area contributed by atoms with Gasteiger partial charge in [0.25, 0.3) is 5.69 Å². The van der Waals surface area contributed by atoms with Crippen molar-refractivity contribution in [1.29, 1.82) is 5.26 Å². The summed E-state index contributed by atoms with van der Waals surface area (Å²) in [5.74, 6) is -0.445. The molecule has 0 atom stereocenters. The Morgan fingerprint density at radius 3 is 2.71 bits per heavy atom. The number of unbranched alkanes of at least 4 members (excludes halogenated alkanes) is 2. The highest BCUT2D eigenvalue weighted by Crippen LogP contribution is 2.37. The molecule has 0 aliphatic carbocycles. The molecule has 0 unspecified atom stereocenters. The number of benzene rings is 1. The van der Waals surface area contributed by atoms with Crippen molar-refractivity contribution < 1.29 is 19.2 Å². The van der Waals surface area contributed by atoms with Crippen LogP contribution >= 0.6 is 15.9 Å². The third-order valence-corrected chi connectivity index (χ3v) is 4.65. The van der Waals surface area contributed by atoms with Crippen LogP contribution in [0.2, 0.25) is 0 Å². The standard InChI is InChI=1S/C18H19BrN4O5/c1-3-4-5-6-28-15-8-13(14(23(25)26)7-12(15)19)22-10-11(9-20)16(21)17(22)18(24)27-2/h7-8,10H,3-6,21H2,1-2H3. The number of carbonyl (C=O) groups excluding carboxylic acids is 1. The molecule has 0 saturated carbocycles. The summed E-state index contributed by atoms with van der Waals surface area (Å²) in [6, 6.07) is 4.58. The number of esters is 1. The van der Waals surface area contributed by atoms with Crippen LogP contribution < -0.4 is 10.5 Å². The van der Waals surface area contributed by atoms with E-state index in [-0.39, 0.29) is 28.3 Å². The number of halogens is 1. The molecule has 10 heteroatoms. The van der Waals surface area contributed by atoms with Crippen LogP contribution in [0.5, 0.6) is 5.75 Å². The van der Waals surface area contributed by atoms with Gasteiger partial charge in [-0.3, -0.25) is 10.1 Å². The summed E-state index contributed by atoms with van der Waals surface area (Å²) in [4.78, 5) is 23.2. The molecule has 0 saturated heterocycles. The quantitative estimate of drug-likeness (QED) is 0.278. The summed E-state index contributed by atoms with van der Waals surface area (Å²) in [6.45, 7) is 2.50. The van der Waals surface area contributed by atoms with Crippen molar-refractivity contribution in [3.05, 3.63) is 44.2 Å². The lowest BCUT2D eigenvalue weighted by atomic mass is 10.2. The van der Waals surface area contributed by atoms with Gasteiger partial charge >= 0.3 is 5.97 Å². The molecule has 0 amide bonds. The molecule has 0 radical (unpaired) electrons. The molecule has 0 aliphatic rings. The number of nitriles is 1. The van der Waals surface area contributed by atoms with E-state index in [4.69, 9.17) is 15.2 Å². The second-order valence-electron chi connectivity index (χ2n) is 5.86.